The van der Waals surface area contributed by atoms with Gasteiger partial charge in [0, 0.05) is 23.8 Å². The van der Waals surface area contributed by atoms with Crippen LogP contribution in [0.1, 0.15) is 36.6 Å². The summed E-state index contributed by atoms with van der Waals surface area (Å²) >= 11 is 0. The molecule has 4 heteroatoms. The zero-order valence-corrected chi connectivity index (χ0v) is 11.8. The van der Waals surface area contributed by atoms with Crippen LogP contribution in [0.3, 0.4) is 0 Å². The fourth-order valence-corrected chi connectivity index (χ4v) is 2.45. The average molecular weight is 273 g/mol. The van der Waals surface area contributed by atoms with Crippen LogP contribution in [0.25, 0.3) is 0 Å². The van der Waals surface area contributed by atoms with Crippen LogP contribution in [0.4, 0.5) is 4.39 Å². The molecule has 1 aliphatic rings. The van der Waals surface area contributed by atoms with Gasteiger partial charge in [-0.1, -0.05) is 19.1 Å². The van der Waals surface area contributed by atoms with E-state index in [9.17, 15) is 4.39 Å². The number of nitrogens with zero attached hydrogens (tertiary/aromatic N) is 2. The molecule has 0 amide bonds. The van der Waals surface area contributed by atoms with E-state index in [0.717, 1.165) is 18.5 Å². The zero-order chi connectivity index (χ0) is 13.9. The van der Waals surface area contributed by atoms with Crippen LogP contribution in [0.15, 0.2) is 30.5 Å². The highest BCUT2D eigenvalue weighted by molar-refractivity contribution is 5.21. The fraction of sp³-hybridized carbons (Fsp3) is 0.438. The largest absolute Gasteiger partial charge is 0.310 e. The minimum Gasteiger partial charge on any atom is -0.310 e. The molecule has 3 nitrogen and oxygen atoms in total. The number of aromatic nitrogens is 2. The molecular formula is C16H20FN3. The smallest absolute Gasteiger partial charge is 0.123 e. The van der Waals surface area contributed by atoms with E-state index in [4.69, 9.17) is 0 Å². The Morgan fingerprint density at radius 3 is 2.70 bits per heavy atom. The first-order chi connectivity index (χ1) is 9.76. The lowest BCUT2D eigenvalue weighted by Gasteiger charge is -2.09. The molecule has 0 atom stereocenters. The van der Waals surface area contributed by atoms with Gasteiger partial charge in [-0.2, -0.15) is 5.10 Å². The maximum atomic E-state index is 12.9. The SMILES string of the molecule is CCc1c(CNC2CC2)cnn1Cc1ccc(F)cc1. The van der Waals surface area contributed by atoms with Gasteiger partial charge in [0.25, 0.3) is 0 Å². The van der Waals surface area contributed by atoms with Gasteiger partial charge in [-0.25, -0.2) is 4.39 Å². The Morgan fingerprint density at radius 1 is 1.30 bits per heavy atom. The molecule has 3 rings (SSSR count). The second-order valence-electron chi connectivity index (χ2n) is 5.41. The minimum atomic E-state index is -0.195. The van der Waals surface area contributed by atoms with Gasteiger partial charge in [0.05, 0.1) is 12.7 Å². The second kappa shape index (κ2) is 5.75. The van der Waals surface area contributed by atoms with Crippen molar-refractivity contribution < 1.29 is 4.39 Å². The number of benzene rings is 1. The Labute approximate surface area is 118 Å². The van der Waals surface area contributed by atoms with Crippen molar-refractivity contribution in [2.24, 2.45) is 0 Å². The number of hydrogen-bond acceptors (Lipinski definition) is 2. The third-order valence-corrected chi connectivity index (χ3v) is 3.77. The standard InChI is InChI=1S/C16H20FN3/c1-2-16-13(9-18-15-7-8-15)10-19-20(16)11-12-3-5-14(17)6-4-12/h3-6,10,15,18H,2,7-9,11H2,1H3. The van der Waals surface area contributed by atoms with Crippen LogP contribution >= 0.6 is 0 Å². The van der Waals surface area contributed by atoms with Crippen molar-refractivity contribution in [1.29, 1.82) is 0 Å². The molecule has 1 heterocycles. The van der Waals surface area contributed by atoms with Crippen molar-refractivity contribution in [2.75, 3.05) is 0 Å². The molecule has 0 unspecified atom stereocenters. The fourth-order valence-electron chi connectivity index (χ4n) is 2.45. The first-order valence-corrected chi connectivity index (χ1v) is 7.27. The molecular weight excluding hydrogens is 253 g/mol. The van der Waals surface area contributed by atoms with Gasteiger partial charge in [-0.3, -0.25) is 4.68 Å². The summed E-state index contributed by atoms with van der Waals surface area (Å²) in [5, 5.41) is 8.02. The molecule has 1 aromatic heterocycles. The topological polar surface area (TPSA) is 29.9 Å². The molecule has 0 radical (unpaired) electrons. The van der Waals surface area contributed by atoms with E-state index >= 15 is 0 Å². The lowest BCUT2D eigenvalue weighted by atomic mass is 10.2. The highest BCUT2D eigenvalue weighted by Crippen LogP contribution is 2.20. The first-order valence-electron chi connectivity index (χ1n) is 7.27. The van der Waals surface area contributed by atoms with Crippen LogP contribution in [0.2, 0.25) is 0 Å². The summed E-state index contributed by atoms with van der Waals surface area (Å²) in [5.41, 5.74) is 3.62. The van der Waals surface area contributed by atoms with E-state index in [0.29, 0.717) is 12.6 Å². The molecule has 0 aliphatic heterocycles. The molecule has 106 valence electrons. The summed E-state index contributed by atoms with van der Waals surface area (Å²) in [6.45, 7) is 3.75. The van der Waals surface area contributed by atoms with E-state index < -0.39 is 0 Å². The number of halogens is 1. The highest BCUT2D eigenvalue weighted by Gasteiger charge is 2.21. The molecule has 0 spiro atoms. The van der Waals surface area contributed by atoms with E-state index in [2.05, 4.69) is 17.3 Å². The van der Waals surface area contributed by atoms with E-state index in [1.54, 1.807) is 0 Å². The molecule has 0 saturated heterocycles. The molecule has 1 N–H and O–H groups in total. The third kappa shape index (κ3) is 3.07. The van der Waals surface area contributed by atoms with Crippen LogP contribution in [0, 0.1) is 5.82 Å². The monoisotopic (exact) mass is 273 g/mol. The van der Waals surface area contributed by atoms with Crippen LogP contribution in [-0.4, -0.2) is 15.8 Å². The lowest BCUT2D eigenvalue weighted by Crippen LogP contribution is -2.16. The van der Waals surface area contributed by atoms with Gasteiger partial charge in [0.1, 0.15) is 5.82 Å². The van der Waals surface area contributed by atoms with Crippen molar-refractivity contribution >= 4 is 0 Å². The molecule has 1 saturated carbocycles. The van der Waals surface area contributed by atoms with Crippen LogP contribution in [-0.2, 0) is 19.5 Å². The summed E-state index contributed by atoms with van der Waals surface area (Å²) < 4.78 is 15.0. The number of nitrogens with one attached hydrogen (secondary N) is 1. The van der Waals surface area contributed by atoms with E-state index in [1.807, 2.05) is 23.0 Å². The predicted octanol–water partition coefficient (Wildman–Crippen LogP) is 2.88. The quantitative estimate of drug-likeness (QED) is 0.877. The minimum absolute atomic E-state index is 0.195. The van der Waals surface area contributed by atoms with Gasteiger partial charge in [0.15, 0.2) is 0 Å². The maximum Gasteiger partial charge on any atom is 0.123 e. The molecule has 2 aromatic rings. The summed E-state index contributed by atoms with van der Waals surface area (Å²) in [6, 6.07) is 7.34. The summed E-state index contributed by atoms with van der Waals surface area (Å²) in [5.74, 6) is -0.195. The van der Waals surface area contributed by atoms with Gasteiger partial charge in [-0.15, -0.1) is 0 Å². The molecule has 1 aromatic carbocycles. The van der Waals surface area contributed by atoms with Gasteiger partial charge < -0.3 is 5.32 Å². The van der Waals surface area contributed by atoms with Crippen molar-refractivity contribution in [3.05, 3.63) is 53.1 Å². The maximum absolute atomic E-state index is 12.9. The van der Waals surface area contributed by atoms with E-state index in [-0.39, 0.29) is 5.82 Å². The van der Waals surface area contributed by atoms with Gasteiger partial charge in [-0.05, 0) is 37.0 Å². The highest BCUT2D eigenvalue weighted by atomic mass is 19.1. The average Bonchev–Trinajstić information content (AvgIpc) is 3.21. The Hall–Kier alpha value is -1.68. The molecule has 0 bridgehead atoms. The third-order valence-electron chi connectivity index (χ3n) is 3.77. The summed E-state index contributed by atoms with van der Waals surface area (Å²) in [4.78, 5) is 0. The van der Waals surface area contributed by atoms with Crippen molar-refractivity contribution in [1.82, 2.24) is 15.1 Å². The predicted molar refractivity (Wildman–Crippen MR) is 77.0 cm³/mol. The lowest BCUT2D eigenvalue weighted by molar-refractivity contribution is 0.619. The van der Waals surface area contributed by atoms with Crippen LogP contribution in [0.5, 0.6) is 0 Å². The van der Waals surface area contributed by atoms with Crippen molar-refractivity contribution in [3.8, 4) is 0 Å². The second-order valence-corrected chi connectivity index (χ2v) is 5.41. The Kier molecular flexibility index (Phi) is 3.83. The molecule has 1 aliphatic carbocycles. The Balaban J connectivity index is 1.73. The molecule has 1 fully saturated rings. The first kappa shape index (κ1) is 13.3. The normalized spacial score (nSPS) is 14.7. The summed E-state index contributed by atoms with van der Waals surface area (Å²) in [7, 11) is 0. The van der Waals surface area contributed by atoms with Gasteiger partial charge >= 0.3 is 0 Å². The molecule has 20 heavy (non-hydrogen) atoms. The summed E-state index contributed by atoms with van der Waals surface area (Å²) in [6.07, 6.45) is 5.51. The number of hydrogen-bond donors (Lipinski definition) is 1. The zero-order valence-electron chi connectivity index (χ0n) is 11.8. The Morgan fingerprint density at radius 2 is 2.05 bits per heavy atom. The van der Waals surface area contributed by atoms with Crippen LogP contribution < -0.4 is 5.32 Å². The van der Waals surface area contributed by atoms with Gasteiger partial charge in [0.2, 0.25) is 0 Å². The Bertz CT molecular complexity index is 570. The van der Waals surface area contributed by atoms with Crippen molar-refractivity contribution in [3.63, 3.8) is 0 Å². The van der Waals surface area contributed by atoms with Crippen molar-refractivity contribution in [2.45, 2.75) is 45.3 Å². The van der Waals surface area contributed by atoms with E-state index in [1.165, 1.54) is 36.2 Å². The number of rotatable bonds is 6.